The number of nitrogens with zero attached hydrogens (tertiary/aromatic N) is 1. The predicted octanol–water partition coefficient (Wildman–Crippen LogP) is 2.55. The highest BCUT2D eigenvalue weighted by Crippen LogP contribution is 2.44. The molecule has 1 fully saturated rings. The lowest BCUT2D eigenvalue weighted by atomic mass is 9.72. The van der Waals surface area contributed by atoms with Gasteiger partial charge in [0, 0.05) is 7.11 Å². The minimum Gasteiger partial charge on any atom is -0.380 e. The van der Waals surface area contributed by atoms with Gasteiger partial charge in [-0.3, -0.25) is 0 Å². The van der Waals surface area contributed by atoms with Crippen molar-refractivity contribution in [3.63, 3.8) is 0 Å². The summed E-state index contributed by atoms with van der Waals surface area (Å²) in [5.74, 6) is 0. The number of rotatable bonds is 4. The van der Waals surface area contributed by atoms with Gasteiger partial charge in [0.15, 0.2) is 0 Å². The van der Waals surface area contributed by atoms with Gasteiger partial charge in [0.05, 0.1) is 12.1 Å². The second-order valence-electron chi connectivity index (χ2n) is 4.22. The molecule has 1 aromatic carbocycles. The first-order chi connectivity index (χ1) is 7.80. The number of ether oxygens (including phenoxy) is 1. The van der Waals surface area contributed by atoms with Gasteiger partial charge in [-0.1, -0.05) is 24.3 Å². The highest BCUT2D eigenvalue weighted by atomic mass is 16.5. The lowest BCUT2D eigenvalue weighted by Crippen LogP contribution is -2.31. The molecule has 1 saturated carbocycles. The van der Waals surface area contributed by atoms with Crippen molar-refractivity contribution in [2.45, 2.75) is 31.4 Å². The maximum absolute atomic E-state index is 10.4. The minimum atomic E-state index is -0.284. The van der Waals surface area contributed by atoms with E-state index in [4.69, 9.17) is 4.74 Å². The Hall–Kier alpha value is -1.44. The standard InChI is InChI=1S/C13H15NO2/c1-16-9-11-3-5-12(6-4-11)13(14-10-15)7-2-8-13/h3-6H,2,7-9H2,1H3. The van der Waals surface area contributed by atoms with E-state index in [1.165, 1.54) is 0 Å². The normalized spacial score (nSPS) is 17.3. The molecule has 0 amide bonds. The number of hydrogen-bond donors (Lipinski definition) is 0. The Morgan fingerprint density at radius 1 is 1.38 bits per heavy atom. The highest BCUT2D eigenvalue weighted by Gasteiger charge is 2.38. The molecule has 3 heteroatoms. The zero-order valence-corrected chi connectivity index (χ0v) is 9.40. The van der Waals surface area contributed by atoms with Crippen molar-refractivity contribution in [2.75, 3.05) is 7.11 Å². The van der Waals surface area contributed by atoms with Gasteiger partial charge < -0.3 is 4.74 Å². The van der Waals surface area contributed by atoms with E-state index in [-0.39, 0.29) is 5.54 Å². The number of isocyanates is 1. The Labute approximate surface area is 95.2 Å². The summed E-state index contributed by atoms with van der Waals surface area (Å²) in [7, 11) is 1.68. The molecule has 2 rings (SSSR count). The van der Waals surface area contributed by atoms with Gasteiger partial charge in [0.1, 0.15) is 0 Å². The monoisotopic (exact) mass is 217 g/mol. The van der Waals surface area contributed by atoms with E-state index in [0.717, 1.165) is 30.4 Å². The maximum Gasteiger partial charge on any atom is 0.235 e. The van der Waals surface area contributed by atoms with Crippen LogP contribution >= 0.6 is 0 Å². The first kappa shape index (κ1) is 11.1. The minimum absolute atomic E-state index is 0.284. The fraction of sp³-hybridized carbons (Fsp3) is 0.462. The zero-order chi connectivity index (χ0) is 11.4. The second-order valence-corrected chi connectivity index (χ2v) is 4.22. The molecular formula is C13H15NO2. The Kier molecular flexibility index (Phi) is 3.18. The van der Waals surface area contributed by atoms with Crippen LogP contribution in [0.5, 0.6) is 0 Å². The van der Waals surface area contributed by atoms with Crippen LogP contribution in [-0.2, 0) is 21.7 Å². The average molecular weight is 217 g/mol. The molecule has 0 N–H and O–H groups in total. The van der Waals surface area contributed by atoms with E-state index >= 15 is 0 Å². The lowest BCUT2D eigenvalue weighted by Gasteiger charge is -2.37. The molecule has 1 aromatic rings. The summed E-state index contributed by atoms with van der Waals surface area (Å²) in [6.07, 6.45) is 4.73. The molecule has 3 nitrogen and oxygen atoms in total. The molecule has 0 radical (unpaired) electrons. The van der Waals surface area contributed by atoms with Crippen LogP contribution in [0.15, 0.2) is 29.3 Å². The summed E-state index contributed by atoms with van der Waals surface area (Å²) < 4.78 is 5.06. The molecule has 0 unspecified atom stereocenters. The number of benzene rings is 1. The van der Waals surface area contributed by atoms with E-state index in [1.54, 1.807) is 13.2 Å². The largest absolute Gasteiger partial charge is 0.380 e. The van der Waals surface area contributed by atoms with Gasteiger partial charge in [-0.2, -0.15) is 4.99 Å². The Morgan fingerprint density at radius 3 is 2.50 bits per heavy atom. The van der Waals surface area contributed by atoms with Gasteiger partial charge in [-0.05, 0) is 30.4 Å². The van der Waals surface area contributed by atoms with Crippen molar-refractivity contribution in [1.82, 2.24) is 0 Å². The molecule has 1 aliphatic rings. The van der Waals surface area contributed by atoms with Crippen LogP contribution in [0, 0.1) is 0 Å². The molecule has 0 saturated heterocycles. The molecule has 16 heavy (non-hydrogen) atoms. The van der Waals surface area contributed by atoms with E-state index in [0.29, 0.717) is 6.61 Å². The number of methoxy groups -OCH3 is 1. The van der Waals surface area contributed by atoms with Crippen LogP contribution in [0.1, 0.15) is 30.4 Å². The summed E-state index contributed by atoms with van der Waals surface area (Å²) in [4.78, 5) is 14.4. The van der Waals surface area contributed by atoms with Crippen molar-refractivity contribution in [2.24, 2.45) is 4.99 Å². The Balaban J connectivity index is 2.23. The van der Waals surface area contributed by atoms with Crippen LogP contribution in [-0.4, -0.2) is 13.2 Å². The van der Waals surface area contributed by atoms with Crippen molar-refractivity contribution in [3.8, 4) is 0 Å². The fourth-order valence-electron chi connectivity index (χ4n) is 2.14. The molecule has 84 valence electrons. The first-order valence-electron chi connectivity index (χ1n) is 5.48. The van der Waals surface area contributed by atoms with Crippen molar-refractivity contribution in [1.29, 1.82) is 0 Å². The molecule has 0 bridgehead atoms. The molecule has 0 spiro atoms. The van der Waals surface area contributed by atoms with Gasteiger partial charge in [-0.15, -0.1) is 0 Å². The van der Waals surface area contributed by atoms with Gasteiger partial charge in [0.25, 0.3) is 0 Å². The summed E-state index contributed by atoms with van der Waals surface area (Å²) >= 11 is 0. The Morgan fingerprint density at radius 2 is 2.06 bits per heavy atom. The van der Waals surface area contributed by atoms with Crippen LogP contribution in [0.4, 0.5) is 0 Å². The molecule has 0 heterocycles. The van der Waals surface area contributed by atoms with E-state index in [2.05, 4.69) is 4.99 Å². The smallest absolute Gasteiger partial charge is 0.235 e. The highest BCUT2D eigenvalue weighted by molar-refractivity contribution is 5.40. The van der Waals surface area contributed by atoms with E-state index in [1.807, 2.05) is 24.3 Å². The summed E-state index contributed by atoms with van der Waals surface area (Å²) in [5, 5.41) is 0. The van der Waals surface area contributed by atoms with Crippen molar-refractivity contribution in [3.05, 3.63) is 35.4 Å². The lowest BCUT2D eigenvalue weighted by molar-refractivity contribution is 0.184. The fourth-order valence-corrected chi connectivity index (χ4v) is 2.14. The summed E-state index contributed by atoms with van der Waals surface area (Å²) in [6, 6.07) is 8.13. The number of aliphatic imine (C=N–C) groups is 1. The number of hydrogen-bond acceptors (Lipinski definition) is 3. The van der Waals surface area contributed by atoms with Gasteiger partial charge >= 0.3 is 0 Å². The Bertz CT molecular complexity index is 400. The second kappa shape index (κ2) is 4.60. The molecule has 1 aliphatic carbocycles. The van der Waals surface area contributed by atoms with Gasteiger partial charge in [-0.25, -0.2) is 4.79 Å². The first-order valence-corrected chi connectivity index (χ1v) is 5.48. The maximum atomic E-state index is 10.4. The zero-order valence-electron chi connectivity index (χ0n) is 9.40. The topological polar surface area (TPSA) is 38.7 Å². The number of carbonyl (C=O) groups excluding carboxylic acids is 1. The van der Waals surface area contributed by atoms with Crippen LogP contribution < -0.4 is 0 Å². The molecule has 0 aromatic heterocycles. The van der Waals surface area contributed by atoms with Crippen LogP contribution in [0.2, 0.25) is 0 Å². The molecule has 0 aliphatic heterocycles. The van der Waals surface area contributed by atoms with Crippen LogP contribution in [0.3, 0.4) is 0 Å². The third kappa shape index (κ3) is 1.92. The van der Waals surface area contributed by atoms with Crippen molar-refractivity contribution >= 4 is 6.08 Å². The SMILES string of the molecule is COCc1ccc(C2(N=C=O)CCC2)cc1. The van der Waals surface area contributed by atoms with Crippen molar-refractivity contribution < 1.29 is 9.53 Å². The summed E-state index contributed by atoms with van der Waals surface area (Å²) in [5.41, 5.74) is 1.96. The van der Waals surface area contributed by atoms with Gasteiger partial charge in [0.2, 0.25) is 6.08 Å². The quantitative estimate of drug-likeness (QED) is 0.574. The molecular weight excluding hydrogens is 202 g/mol. The average Bonchev–Trinajstić information content (AvgIpc) is 2.25. The third-order valence-corrected chi connectivity index (χ3v) is 3.24. The molecule has 0 atom stereocenters. The summed E-state index contributed by atoms with van der Waals surface area (Å²) in [6.45, 7) is 0.615. The van der Waals surface area contributed by atoms with Crippen LogP contribution in [0.25, 0.3) is 0 Å². The predicted molar refractivity (Wildman–Crippen MR) is 60.8 cm³/mol. The third-order valence-electron chi connectivity index (χ3n) is 3.24. The van der Waals surface area contributed by atoms with E-state index < -0.39 is 0 Å². The van der Waals surface area contributed by atoms with E-state index in [9.17, 15) is 4.79 Å².